The second-order valence-corrected chi connectivity index (χ2v) is 4.58. The van der Waals surface area contributed by atoms with E-state index in [1.165, 1.54) is 0 Å². The number of carbonyl (C=O) groups is 1. The van der Waals surface area contributed by atoms with Crippen LogP contribution in [0.3, 0.4) is 0 Å². The molecule has 0 aromatic rings. The van der Waals surface area contributed by atoms with Crippen molar-refractivity contribution in [1.29, 1.82) is 0 Å². The summed E-state index contributed by atoms with van der Waals surface area (Å²) >= 11 is 0. The Kier molecular flexibility index (Phi) is 3.07. The largest absolute Gasteiger partial charge is 0.481 e. The molecule has 0 saturated carbocycles. The molecule has 1 fully saturated rings. The van der Waals surface area contributed by atoms with E-state index in [1.54, 1.807) is 0 Å². The Morgan fingerprint density at radius 3 is 2.80 bits per heavy atom. The Balaban J connectivity index is 1.89. The second kappa shape index (κ2) is 4.33. The number of rotatable bonds is 4. The average molecular weight is 210 g/mol. The van der Waals surface area contributed by atoms with Crippen LogP contribution >= 0.6 is 0 Å². The SMILES string of the molecule is O=C(O)CC1(NC2CC=CCC2)CNC1. The third-order valence-corrected chi connectivity index (χ3v) is 3.20. The molecule has 4 heteroatoms. The van der Waals surface area contributed by atoms with Crippen LogP contribution in [0, 0.1) is 0 Å². The molecule has 1 atom stereocenters. The molecule has 1 aliphatic carbocycles. The van der Waals surface area contributed by atoms with E-state index in [4.69, 9.17) is 5.11 Å². The van der Waals surface area contributed by atoms with E-state index in [9.17, 15) is 4.79 Å². The summed E-state index contributed by atoms with van der Waals surface area (Å²) in [5, 5.41) is 15.5. The zero-order chi connectivity index (χ0) is 10.7. The number of hydrogen-bond donors (Lipinski definition) is 3. The van der Waals surface area contributed by atoms with Gasteiger partial charge in [-0.25, -0.2) is 0 Å². The number of aliphatic carboxylic acids is 1. The maximum atomic E-state index is 10.8. The first-order valence-electron chi connectivity index (χ1n) is 5.55. The number of carboxylic acids is 1. The van der Waals surface area contributed by atoms with Crippen molar-refractivity contribution < 1.29 is 9.90 Å². The summed E-state index contributed by atoms with van der Waals surface area (Å²) in [5.74, 6) is -0.713. The highest BCUT2D eigenvalue weighted by molar-refractivity contribution is 5.68. The summed E-state index contributed by atoms with van der Waals surface area (Å²) in [5.41, 5.74) is -0.193. The number of allylic oxidation sites excluding steroid dienone is 1. The molecule has 0 aromatic heterocycles. The molecule has 0 spiro atoms. The Bertz CT molecular complexity index is 272. The molecular weight excluding hydrogens is 192 g/mol. The van der Waals surface area contributed by atoms with Crippen molar-refractivity contribution in [1.82, 2.24) is 10.6 Å². The van der Waals surface area contributed by atoms with Crippen LogP contribution in [-0.2, 0) is 4.79 Å². The maximum absolute atomic E-state index is 10.8. The number of carboxylic acid groups (broad SMARTS) is 1. The minimum atomic E-state index is -0.713. The van der Waals surface area contributed by atoms with Crippen molar-refractivity contribution in [3.8, 4) is 0 Å². The second-order valence-electron chi connectivity index (χ2n) is 4.58. The summed E-state index contributed by atoms with van der Waals surface area (Å²) in [7, 11) is 0. The Morgan fingerprint density at radius 1 is 1.53 bits per heavy atom. The van der Waals surface area contributed by atoms with E-state index in [-0.39, 0.29) is 12.0 Å². The van der Waals surface area contributed by atoms with Gasteiger partial charge in [0.1, 0.15) is 0 Å². The molecule has 1 aliphatic heterocycles. The van der Waals surface area contributed by atoms with E-state index in [0.29, 0.717) is 6.04 Å². The summed E-state index contributed by atoms with van der Waals surface area (Å²) in [4.78, 5) is 10.8. The van der Waals surface area contributed by atoms with Gasteiger partial charge in [0.25, 0.3) is 0 Å². The zero-order valence-corrected chi connectivity index (χ0v) is 8.83. The molecule has 0 radical (unpaired) electrons. The molecule has 2 rings (SSSR count). The van der Waals surface area contributed by atoms with Crippen molar-refractivity contribution in [2.45, 2.75) is 37.3 Å². The fraction of sp³-hybridized carbons (Fsp3) is 0.727. The van der Waals surface area contributed by atoms with Gasteiger partial charge in [0.2, 0.25) is 0 Å². The third-order valence-electron chi connectivity index (χ3n) is 3.20. The van der Waals surface area contributed by atoms with Gasteiger partial charge in [0, 0.05) is 19.1 Å². The molecule has 15 heavy (non-hydrogen) atoms. The van der Waals surface area contributed by atoms with Crippen LogP contribution in [-0.4, -0.2) is 35.7 Å². The molecule has 4 nitrogen and oxygen atoms in total. The fourth-order valence-electron chi connectivity index (χ4n) is 2.35. The average Bonchev–Trinajstić information content (AvgIpc) is 2.15. The molecule has 1 unspecified atom stereocenters. The van der Waals surface area contributed by atoms with Crippen molar-refractivity contribution in [2.75, 3.05) is 13.1 Å². The minimum Gasteiger partial charge on any atom is -0.481 e. The van der Waals surface area contributed by atoms with Crippen LogP contribution < -0.4 is 10.6 Å². The van der Waals surface area contributed by atoms with Gasteiger partial charge in [-0.2, -0.15) is 0 Å². The normalized spacial score (nSPS) is 28.4. The van der Waals surface area contributed by atoms with Crippen LogP contribution in [0.2, 0.25) is 0 Å². The van der Waals surface area contributed by atoms with E-state index in [1.807, 2.05) is 0 Å². The quantitative estimate of drug-likeness (QED) is 0.591. The summed E-state index contributed by atoms with van der Waals surface area (Å²) in [6.45, 7) is 1.55. The molecule has 3 N–H and O–H groups in total. The van der Waals surface area contributed by atoms with Gasteiger partial charge in [0.15, 0.2) is 0 Å². The Hall–Kier alpha value is -0.870. The molecule has 1 saturated heterocycles. The standard InChI is InChI=1S/C11H18N2O2/c14-10(15)6-11(7-12-8-11)13-9-4-2-1-3-5-9/h1-2,9,12-13H,3-8H2,(H,14,15). The van der Waals surface area contributed by atoms with E-state index in [0.717, 1.165) is 32.4 Å². The first-order chi connectivity index (χ1) is 7.20. The topological polar surface area (TPSA) is 61.4 Å². The predicted molar refractivity (Wildman–Crippen MR) is 57.8 cm³/mol. The van der Waals surface area contributed by atoms with Crippen LogP contribution in [0.5, 0.6) is 0 Å². The summed E-state index contributed by atoms with van der Waals surface area (Å²) in [6.07, 6.45) is 7.86. The van der Waals surface area contributed by atoms with Gasteiger partial charge in [0.05, 0.1) is 12.0 Å². The van der Waals surface area contributed by atoms with Crippen LogP contribution in [0.15, 0.2) is 12.2 Å². The molecule has 0 amide bonds. The van der Waals surface area contributed by atoms with Gasteiger partial charge >= 0.3 is 5.97 Å². The molecule has 0 aromatic carbocycles. The van der Waals surface area contributed by atoms with Gasteiger partial charge < -0.3 is 15.7 Å². The van der Waals surface area contributed by atoms with Crippen LogP contribution in [0.25, 0.3) is 0 Å². The predicted octanol–water partition coefficient (Wildman–Crippen LogP) is 0.501. The lowest BCUT2D eigenvalue weighted by molar-refractivity contribution is -0.139. The van der Waals surface area contributed by atoms with Crippen molar-refractivity contribution in [2.24, 2.45) is 0 Å². The monoisotopic (exact) mass is 210 g/mol. The molecular formula is C11H18N2O2. The highest BCUT2D eigenvalue weighted by Crippen LogP contribution is 2.21. The lowest BCUT2D eigenvalue weighted by Crippen LogP contribution is -2.70. The van der Waals surface area contributed by atoms with Crippen molar-refractivity contribution in [3.05, 3.63) is 12.2 Å². The van der Waals surface area contributed by atoms with E-state index < -0.39 is 5.97 Å². The highest BCUT2D eigenvalue weighted by Gasteiger charge is 2.40. The first-order valence-corrected chi connectivity index (χ1v) is 5.55. The lowest BCUT2D eigenvalue weighted by Gasteiger charge is -2.45. The lowest BCUT2D eigenvalue weighted by atomic mass is 9.86. The fourth-order valence-corrected chi connectivity index (χ4v) is 2.35. The van der Waals surface area contributed by atoms with E-state index >= 15 is 0 Å². The Labute approximate surface area is 89.7 Å². The number of hydrogen-bond acceptors (Lipinski definition) is 3. The van der Waals surface area contributed by atoms with Gasteiger partial charge in [-0.05, 0) is 19.3 Å². The van der Waals surface area contributed by atoms with Crippen LogP contribution in [0.1, 0.15) is 25.7 Å². The summed E-state index contributed by atoms with van der Waals surface area (Å²) in [6, 6.07) is 0.455. The smallest absolute Gasteiger partial charge is 0.305 e. The molecule has 84 valence electrons. The highest BCUT2D eigenvalue weighted by atomic mass is 16.4. The molecule has 0 bridgehead atoms. The minimum absolute atomic E-state index is 0.193. The van der Waals surface area contributed by atoms with Gasteiger partial charge in [-0.15, -0.1) is 0 Å². The first kappa shape index (κ1) is 10.6. The zero-order valence-electron chi connectivity index (χ0n) is 8.83. The van der Waals surface area contributed by atoms with Crippen molar-refractivity contribution in [3.63, 3.8) is 0 Å². The van der Waals surface area contributed by atoms with Crippen LogP contribution in [0.4, 0.5) is 0 Å². The van der Waals surface area contributed by atoms with Crippen molar-refractivity contribution >= 4 is 5.97 Å². The van der Waals surface area contributed by atoms with Gasteiger partial charge in [-0.1, -0.05) is 12.2 Å². The number of nitrogens with one attached hydrogen (secondary N) is 2. The Morgan fingerprint density at radius 2 is 2.33 bits per heavy atom. The summed E-state index contributed by atoms with van der Waals surface area (Å²) < 4.78 is 0. The van der Waals surface area contributed by atoms with E-state index in [2.05, 4.69) is 22.8 Å². The third kappa shape index (κ3) is 2.58. The van der Waals surface area contributed by atoms with Gasteiger partial charge in [-0.3, -0.25) is 4.79 Å². The molecule has 2 aliphatic rings. The molecule has 1 heterocycles. The maximum Gasteiger partial charge on any atom is 0.305 e.